The molecule has 4 heteroatoms. The summed E-state index contributed by atoms with van der Waals surface area (Å²) in [4.78, 5) is 2.54. The van der Waals surface area contributed by atoms with Gasteiger partial charge in [0.2, 0.25) is 0 Å². The molecule has 0 aliphatic heterocycles. The topological polar surface area (TPSA) is 16.1 Å². The molecule has 0 radical (unpaired) electrons. The second kappa shape index (κ2) is 4.94. The molecule has 1 aromatic heterocycles. The molecule has 0 saturated heterocycles. The summed E-state index contributed by atoms with van der Waals surface area (Å²) in [7, 11) is 0. The molecule has 1 heterocycles. The van der Waals surface area contributed by atoms with Crippen LogP contribution in [0.3, 0.4) is 0 Å². The van der Waals surface area contributed by atoms with E-state index >= 15 is 0 Å². The molecule has 0 spiro atoms. The van der Waals surface area contributed by atoms with Crippen molar-refractivity contribution in [1.29, 1.82) is 0 Å². The lowest BCUT2D eigenvalue weighted by Crippen LogP contribution is -2.41. The Bertz CT molecular complexity index is 507. The molecule has 17 heavy (non-hydrogen) atoms. The molecule has 3 rings (SSSR count). The van der Waals surface area contributed by atoms with Gasteiger partial charge in [-0.2, -0.15) is 4.37 Å². The molecular weight excluding hydrogens is 296 g/mol. The zero-order valence-electron chi connectivity index (χ0n) is 9.60. The van der Waals surface area contributed by atoms with Crippen molar-refractivity contribution < 1.29 is 0 Å². The summed E-state index contributed by atoms with van der Waals surface area (Å²) >= 11 is 5.21. The first kappa shape index (κ1) is 11.5. The standard InChI is InChI=1S/C13H15BrN2S/c14-8-9-16(10-4-3-5-10)13-11-6-1-2-7-12(11)15-17-13/h1-2,6-7,10H,3-5,8-9H2. The Morgan fingerprint density at radius 1 is 1.35 bits per heavy atom. The Kier molecular flexibility index (Phi) is 3.34. The predicted molar refractivity (Wildman–Crippen MR) is 78.4 cm³/mol. The van der Waals surface area contributed by atoms with Crippen molar-refractivity contribution in [3.63, 3.8) is 0 Å². The summed E-state index contributed by atoms with van der Waals surface area (Å²) in [5.41, 5.74) is 1.13. The molecular formula is C13H15BrN2S. The quantitative estimate of drug-likeness (QED) is 0.792. The van der Waals surface area contributed by atoms with E-state index in [-0.39, 0.29) is 0 Å². The third-order valence-electron chi connectivity index (χ3n) is 3.47. The van der Waals surface area contributed by atoms with Gasteiger partial charge >= 0.3 is 0 Å². The highest BCUT2D eigenvalue weighted by atomic mass is 79.9. The summed E-state index contributed by atoms with van der Waals surface area (Å²) in [6, 6.07) is 9.18. The van der Waals surface area contributed by atoms with Gasteiger partial charge in [0.25, 0.3) is 0 Å². The largest absolute Gasteiger partial charge is 0.358 e. The van der Waals surface area contributed by atoms with Crippen LogP contribution in [0, 0.1) is 0 Å². The van der Waals surface area contributed by atoms with E-state index in [1.54, 1.807) is 11.5 Å². The third kappa shape index (κ3) is 2.08. The van der Waals surface area contributed by atoms with Crippen molar-refractivity contribution in [3.05, 3.63) is 24.3 Å². The maximum atomic E-state index is 4.55. The maximum absolute atomic E-state index is 4.55. The Labute approximate surface area is 114 Å². The number of hydrogen-bond acceptors (Lipinski definition) is 3. The highest BCUT2D eigenvalue weighted by Crippen LogP contribution is 2.36. The van der Waals surface area contributed by atoms with Crippen molar-refractivity contribution in [1.82, 2.24) is 4.37 Å². The van der Waals surface area contributed by atoms with Crippen LogP contribution in [0.4, 0.5) is 5.00 Å². The number of hydrogen-bond donors (Lipinski definition) is 0. The monoisotopic (exact) mass is 310 g/mol. The molecule has 1 aliphatic carbocycles. The first-order valence-electron chi connectivity index (χ1n) is 6.07. The predicted octanol–water partition coefficient (Wildman–Crippen LogP) is 4.05. The molecule has 1 aliphatic rings. The van der Waals surface area contributed by atoms with Crippen LogP contribution in [0.5, 0.6) is 0 Å². The number of aromatic nitrogens is 1. The highest BCUT2D eigenvalue weighted by molar-refractivity contribution is 9.09. The minimum Gasteiger partial charge on any atom is -0.358 e. The van der Waals surface area contributed by atoms with Crippen molar-refractivity contribution in [2.45, 2.75) is 25.3 Å². The molecule has 0 N–H and O–H groups in total. The zero-order chi connectivity index (χ0) is 11.7. The van der Waals surface area contributed by atoms with Crippen molar-refractivity contribution in [2.75, 3.05) is 16.8 Å². The van der Waals surface area contributed by atoms with Gasteiger partial charge in [0.05, 0.1) is 5.52 Å². The van der Waals surface area contributed by atoms with Crippen LogP contribution in [0.1, 0.15) is 19.3 Å². The van der Waals surface area contributed by atoms with E-state index in [4.69, 9.17) is 0 Å². The van der Waals surface area contributed by atoms with Crippen LogP contribution in [0.15, 0.2) is 24.3 Å². The van der Waals surface area contributed by atoms with Crippen molar-refractivity contribution >= 4 is 43.4 Å². The third-order valence-corrected chi connectivity index (χ3v) is 4.74. The number of halogens is 1. The average Bonchev–Trinajstić information content (AvgIpc) is 2.69. The van der Waals surface area contributed by atoms with Gasteiger partial charge in [0.1, 0.15) is 5.00 Å². The average molecular weight is 311 g/mol. The van der Waals surface area contributed by atoms with Crippen LogP contribution in [-0.4, -0.2) is 22.3 Å². The van der Waals surface area contributed by atoms with Gasteiger partial charge in [0, 0.05) is 23.3 Å². The molecule has 2 nitrogen and oxygen atoms in total. The second-order valence-corrected chi connectivity index (χ2v) is 6.02. The molecule has 1 fully saturated rings. The molecule has 0 unspecified atom stereocenters. The maximum Gasteiger partial charge on any atom is 0.120 e. The van der Waals surface area contributed by atoms with Gasteiger partial charge in [-0.15, -0.1) is 0 Å². The van der Waals surface area contributed by atoms with Gasteiger partial charge in [-0.3, -0.25) is 0 Å². The van der Waals surface area contributed by atoms with E-state index in [1.165, 1.54) is 29.6 Å². The smallest absolute Gasteiger partial charge is 0.120 e. The van der Waals surface area contributed by atoms with Gasteiger partial charge < -0.3 is 4.90 Å². The Balaban J connectivity index is 1.99. The fourth-order valence-electron chi connectivity index (χ4n) is 2.32. The van der Waals surface area contributed by atoms with Gasteiger partial charge in [-0.25, -0.2) is 0 Å². The lowest BCUT2D eigenvalue weighted by Gasteiger charge is -2.38. The Hall–Kier alpha value is -0.610. The van der Waals surface area contributed by atoms with E-state index in [0.717, 1.165) is 23.4 Å². The Morgan fingerprint density at radius 3 is 2.88 bits per heavy atom. The van der Waals surface area contributed by atoms with Crippen LogP contribution >= 0.6 is 27.5 Å². The lowest BCUT2D eigenvalue weighted by molar-refractivity contribution is 0.393. The van der Waals surface area contributed by atoms with E-state index in [1.807, 2.05) is 0 Å². The summed E-state index contributed by atoms with van der Waals surface area (Å²) in [6.45, 7) is 1.08. The molecule has 2 aromatic rings. The minimum absolute atomic E-state index is 0.733. The fraction of sp³-hybridized carbons (Fsp3) is 0.462. The lowest BCUT2D eigenvalue weighted by atomic mass is 9.91. The molecule has 90 valence electrons. The summed E-state index contributed by atoms with van der Waals surface area (Å²) in [6.07, 6.45) is 4.04. The fourth-order valence-corrected chi connectivity index (χ4v) is 3.66. The molecule has 1 saturated carbocycles. The zero-order valence-corrected chi connectivity index (χ0v) is 12.0. The van der Waals surface area contributed by atoms with Crippen molar-refractivity contribution in [2.24, 2.45) is 0 Å². The number of anilines is 1. The summed E-state index contributed by atoms with van der Waals surface area (Å²) in [5.74, 6) is 0. The number of fused-ring (bicyclic) bond motifs is 1. The van der Waals surface area contributed by atoms with Crippen molar-refractivity contribution in [3.8, 4) is 0 Å². The van der Waals surface area contributed by atoms with Gasteiger partial charge in [-0.1, -0.05) is 28.1 Å². The molecule has 0 atom stereocenters. The Morgan fingerprint density at radius 2 is 2.18 bits per heavy atom. The minimum atomic E-state index is 0.733. The van der Waals surface area contributed by atoms with Crippen LogP contribution in [0.25, 0.3) is 10.9 Å². The summed E-state index contributed by atoms with van der Waals surface area (Å²) < 4.78 is 4.55. The van der Waals surface area contributed by atoms with Gasteiger partial charge in [0.15, 0.2) is 0 Å². The van der Waals surface area contributed by atoms with Crippen LogP contribution in [-0.2, 0) is 0 Å². The van der Waals surface area contributed by atoms with E-state index < -0.39 is 0 Å². The molecule has 1 aromatic carbocycles. The van der Waals surface area contributed by atoms with Gasteiger partial charge in [-0.05, 0) is 42.9 Å². The van der Waals surface area contributed by atoms with E-state index in [0.29, 0.717) is 0 Å². The highest BCUT2D eigenvalue weighted by Gasteiger charge is 2.26. The van der Waals surface area contributed by atoms with E-state index in [9.17, 15) is 0 Å². The molecule has 0 bridgehead atoms. The number of nitrogens with zero attached hydrogens (tertiary/aromatic N) is 2. The van der Waals surface area contributed by atoms with Crippen LogP contribution in [0.2, 0.25) is 0 Å². The summed E-state index contributed by atoms with van der Waals surface area (Å²) in [5, 5.41) is 3.69. The van der Waals surface area contributed by atoms with Crippen LogP contribution < -0.4 is 4.90 Å². The number of alkyl halides is 1. The van der Waals surface area contributed by atoms with E-state index in [2.05, 4.69) is 49.5 Å². The second-order valence-electron chi connectivity index (χ2n) is 4.47. The number of rotatable bonds is 4. The first-order chi connectivity index (χ1) is 8.40. The first-order valence-corrected chi connectivity index (χ1v) is 7.96. The SMILES string of the molecule is BrCCN(c1snc2ccccc12)C1CCC1. The molecule has 0 amide bonds. The normalized spacial score (nSPS) is 16.1. The number of benzene rings is 1.